The molecule has 2 N–H and O–H groups in total. The molecule has 1 aromatic heterocycles. The van der Waals surface area contributed by atoms with Crippen LogP contribution in [0.3, 0.4) is 0 Å². The first-order valence-electron chi connectivity index (χ1n) is 7.00. The average molecular weight is 378 g/mol. The summed E-state index contributed by atoms with van der Waals surface area (Å²) < 4.78 is 27.7. The second-order valence-electron chi connectivity index (χ2n) is 4.97. The fourth-order valence-electron chi connectivity index (χ4n) is 1.98. The summed E-state index contributed by atoms with van der Waals surface area (Å²) in [7, 11) is -3.68. The van der Waals surface area contributed by atoms with Gasteiger partial charge in [0.15, 0.2) is 0 Å². The number of hydrogen-bond acceptors (Lipinski definition) is 5. The van der Waals surface area contributed by atoms with E-state index in [1.807, 2.05) is 0 Å². The van der Waals surface area contributed by atoms with E-state index in [1.165, 1.54) is 18.2 Å². The number of nitrogens with zero attached hydrogens (tertiary/aromatic N) is 3. The molecule has 0 bridgehead atoms. The zero-order valence-electron chi connectivity index (χ0n) is 12.6. The van der Waals surface area contributed by atoms with E-state index >= 15 is 0 Å². The van der Waals surface area contributed by atoms with Crippen LogP contribution in [0.4, 0.5) is 5.69 Å². The van der Waals surface area contributed by atoms with E-state index in [0.29, 0.717) is 22.0 Å². The molecule has 0 unspecified atom stereocenters. The van der Waals surface area contributed by atoms with E-state index in [4.69, 9.17) is 11.6 Å². The smallest absolute Gasteiger partial charge is 0.280 e. The molecule has 0 fully saturated rings. The second kappa shape index (κ2) is 6.91. The van der Waals surface area contributed by atoms with Crippen molar-refractivity contribution in [3.05, 3.63) is 75.0 Å². The SMILES string of the molecule is O=c1[nH]nnn1-c1ccc(NS(=O)(=O)/C=C/c2ccc(Cl)cc2)cc1. The van der Waals surface area contributed by atoms with E-state index in [2.05, 4.69) is 20.2 Å². The van der Waals surface area contributed by atoms with Gasteiger partial charge in [-0.15, -0.1) is 0 Å². The van der Waals surface area contributed by atoms with Crippen molar-refractivity contribution in [3.8, 4) is 5.69 Å². The van der Waals surface area contributed by atoms with Crippen molar-refractivity contribution < 1.29 is 8.42 Å². The zero-order chi connectivity index (χ0) is 17.9. The molecule has 1 heterocycles. The molecule has 2 aromatic carbocycles. The third kappa shape index (κ3) is 4.34. The number of hydrogen-bond donors (Lipinski definition) is 2. The Morgan fingerprint density at radius 1 is 1.08 bits per heavy atom. The highest BCUT2D eigenvalue weighted by molar-refractivity contribution is 7.95. The predicted molar refractivity (Wildman–Crippen MR) is 95.0 cm³/mol. The fraction of sp³-hybridized carbons (Fsp3) is 0. The number of rotatable bonds is 5. The molecule has 3 rings (SSSR count). The lowest BCUT2D eigenvalue weighted by Gasteiger charge is -2.05. The second-order valence-corrected chi connectivity index (χ2v) is 6.97. The van der Waals surface area contributed by atoms with Gasteiger partial charge in [0.2, 0.25) is 0 Å². The van der Waals surface area contributed by atoms with Crippen molar-refractivity contribution >= 4 is 33.4 Å². The Labute approximate surface area is 147 Å². The molecule has 0 aliphatic heterocycles. The topological polar surface area (TPSA) is 110 Å². The number of anilines is 1. The maximum Gasteiger partial charge on any atom is 0.365 e. The number of aromatic amines is 1. The molecule has 0 spiro atoms. The minimum absolute atomic E-state index is 0.348. The van der Waals surface area contributed by atoms with Crippen LogP contribution in [0.15, 0.2) is 58.7 Å². The van der Waals surface area contributed by atoms with Crippen LogP contribution in [0.1, 0.15) is 5.56 Å². The quantitative estimate of drug-likeness (QED) is 0.706. The molecule has 0 radical (unpaired) electrons. The van der Waals surface area contributed by atoms with Gasteiger partial charge in [-0.05, 0) is 58.5 Å². The first-order chi connectivity index (χ1) is 11.9. The van der Waals surface area contributed by atoms with E-state index in [9.17, 15) is 13.2 Å². The van der Waals surface area contributed by atoms with E-state index in [-0.39, 0.29) is 0 Å². The van der Waals surface area contributed by atoms with Crippen molar-refractivity contribution in [1.29, 1.82) is 0 Å². The summed E-state index contributed by atoms with van der Waals surface area (Å²) in [5.74, 6) is 0. The van der Waals surface area contributed by atoms with Crippen LogP contribution in [-0.4, -0.2) is 28.6 Å². The van der Waals surface area contributed by atoms with Crippen molar-refractivity contribution in [2.24, 2.45) is 0 Å². The summed E-state index contributed by atoms with van der Waals surface area (Å²) in [6.45, 7) is 0. The molecule has 0 saturated heterocycles. The van der Waals surface area contributed by atoms with E-state index in [0.717, 1.165) is 10.1 Å². The number of nitrogens with one attached hydrogen (secondary N) is 2. The highest BCUT2D eigenvalue weighted by Crippen LogP contribution is 2.15. The van der Waals surface area contributed by atoms with Gasteiger partial charge in [-0.3, -0.25) is 4.72 Å². The molecule has 0 saturated carbocycles. The zero-order valence-corrected chi connectivity index (χ0v) is 14.2. The molecule has 0 aliphatic carbocycles. The third-order valence-electron chi connectivity index (χ3n) is 3.15. The molecule has 0 amide bonds. The largest absolute Gasteiger partial charge is 0.365 e. The Balaban J connectivity index is 1.73. The van der Waals surface area contributed by atoms with Crippen molar-refractivity contribution in [3.63, 3.8) is 0 Å². The molecule has 0 aliphatic rings. The number of benzene rings is 2. The Hall–Kier alpha value is -2.91. The Bertz CT molecular complexity index is 1050. The normalized spacial score (nSPS) is 11.7. The maximum absolute atomic E-state index is 12.1. The van der Waals surface area contributed by atoms with Gasteiger partial charge in [-0.25, -0.2) is 18.3 Å². The first-order valence-corrected chi connectivity index (χ1v) is 8.93. The third-order valence-corrected chi connectivity index (χ3v) is 4.42. The molecule has 10 heteroatoms. The average Bonchev–Trinajstić information content (AvgIpc) is 3.01. The van der Waals surface area contributed by atoms with Crippen LogP contribution in [0, 0.1) is 0 Å². The van der Waals surface area contributed by atoms with Gasteiger partial charge in [-0.2, -0.15) is 4.68 Å². The lowest BCUT2D eigenvalue weighted by atomic mass is 10.2. The number of sulfonamides is 1. The van der Waals surface area contributed by atoms with Crippen molar-refractivity contribution in [1.82, 2.24) is 20.2 Å². The fourth-order valence-corrected chi connectivity index (χ4v) is 2.97. The molecule has 8 nitrogen and oxygen atoms in total. The van der Waals surface area contributed by atoms with Gasteiger partial charge in [0, 0.05) is 10.7 Å². The Morgan fingerprint density at radius 2 is 1.76 bits per heavy atom. The van der Waals surface area contributed by atoms with Gasteiger partial charge in [-0.1, -0.05) is 23.7 Å². The lowest BCUT2D eigenvalue weighted by molar-refractivity contribution is 0.609. The molecular weight excluding hydrogens is 366 g/mol. The predicted octanol–water partition coefficient (Wildman–Crippen LogP) is 2.02. The van der Waals surface area contributed by atoms with Gasteiger partial charge in [0.1, 0.15) is 0 Å². The van der Waals surface area contributed by atoms with Crippen molar-refractivity contribution in [2.75, 3.05) is 4.72 Å². The number of H-pyrrole nitrogens is 1. The van der Waals surface area contributed by atoms with E-state index in [1.54, 1.807) is 36.4 Å². The van der Waals surface area contributed by atoms with Crippen LogP contribution in [0.2, 0.25) is 5.02 Å². The summed E-state index contributed by atoms with van der Waals surface area (Å²) in [4.78, 5) is 11.4. The highest BCUT2D eigenvalue weighted by atomic mass is 35.5. The monoisotopic (exact) mass is 377 g/mol. The summed E-state index contributed by atoms with van der Waals surface area (Å²) in [5, 5.41) is 10.8. The minimum Gasteiger partial charge on any atom is -0.280 e. The summed E-state index contributed by atoms with van der Waals surface area (Å²) in [6, 6.07) is 12.9. The highest BCUT2D eigenvalue weighted by Gasteiger charge is 2.07. The van der Waals surface area contributed by atoms with Crippen LogP contribution >= 0.6 is 11.6 Å². The Kier molecular flexibility index (Phi) is 4.68. The lowest BCUT2D eigenvalue weighted by Crippen LogP contribution is -2.16. The van der Waals surface area contributed by atoms with Gasteiger partial charge in [0.05, 0.1) is 11.1 Å². The minimum atomic E-state index is -3.68. The number of halogens is 1. The van der Waals surface area contributed by atoms with Crippen LogP contribution in [0.5, 0.6) is 0 Å². The molecule has 25 heavy (non-hydrogen) atoms. The number of tetrazole rings is 1. The maximum atomic E-state index is 12.1. The summed E-state index contributed by atoms with van der Waals surface area (Å²) in [5.41, 5.74) is 1.02. The summed E-state index contributed by atoms with van der Waals surface area (Å²) >= 11 is 5.78. The molecule has 128 valence electrons. The Morgan fingerprint density at radius 3 is 2.36 bits per heavy atom. The van der Waals surface area contributed by atoms with Gasteiger partial charge < -0.3 is 0 Å². The molecule has 3 aromatic rings. The van der Waals surface area contributed by atoms with Crippen LogP contribution < -0.4 is 10.4 Å². The summed E-state index contributed by atoms with van der Waals surface area (Å²) in [6.07, 6.45) is 1.46. The van der Waals surface area contributed by atoms with Crippen molar-refractivity contribution in [2.45, 2.75) is 0 Å². The van der Waals surface area contributed by atoms with Crippen LogP contribution in [-0.2, 0) is 10.0 Å². The van der Waals surface area contributed by atoms with Gasteiger partial charge >= 0.3 is 5.69 Å². The first kappa shape index (κ1) is 16.9. The molecule has 0 atom stereocenters. The number of aromatic nitrogens is 4. The molecular formula is C15H12ClN5O3S. The standard InChI is InChI=1S/C15H12ClN5O3S/c16-12-3-1-11(2-4-12)9-10-25(23,24)18-13-5-7-14(8-6-13)21-15(22)17-19-20-21/h1-10,18H,(H,17,20,22)/b10-9+. The van der Waals surface area contributed by atoms with Crippen LogP contribution in [0.25, 0.3) is 11.8 Å². The van der Waals surface area contributed by atoms with Gasteiger partial charge in [0.25, 0.3) is 10.0 Å². The van der Waals surface area contributed by atoms with E-state index < -0.39 is 15.7 Å².